The summed E-state index contributed by atoms with van der Waals surface area (Å²) < 4.78 is 0. The molecule has 0 spiro atoms. The van der Waals surface area contributed by atoms with Gasteiger partial charge in [0, 0.05) is 18.8 Å². The number of rotatable bonds is 3. The van der Waals surface area contributed by atoms with Crippen LogP contribution >= 0.6 is 0 Å². The van der Waals surface area contributed by atoms with Crippen LogP contribution in [0.25, 0.3) is 0 Å². The van der Waals surface area contributed by atoms with Crippen molar-refractivity contribution in [2.24, 2.45) is 0 Å². The molecule has 0 atom stereocenters. The number of aromatic nitrogens is 1. The van der Waals surface area contributed by atoms with Crippen LogP contribution < -0.4 is 10.6 Å². The maximum Gasteiger partial charge on any atom is 0.152 e. The number of pyridine rings is 1. The van der Waals surface area contributed by atoms with Crippen LogP contribution in [0.15, 0.2) is 12.3 Å². The van der Waals surface area contributed by atoms with Crippen LogP contribution in [-0.4, -0.2) is 17.6 Å². The lowest BCUT2D eigenvalue weighted by Crippen LogP contribution is -2.41. The summed E-state index contributed by atoms with van der Waals surface area (Å²) in [5.74, 6) is 0.877. The normalized spacial score (nSPS) is 11.5. The predicted octanol–water partition coefficient (Wildman–Crippen LogP) is 2.60. The Hall–Kier alpha value is -1.25. The molecule has 1 aromatic heterocycles. The van der Waals surface area contributed by atoms with Crippen LogP contribution in [-0.2, 0) is 0 Å². The lowest BCUT2D eigenvalue weighted by Gasteiger charge is -2.36. The number of hydrogen-bond donors (Lipinski definition) is 1. The van der Waals surface area contributed by atoms with Gasteiger partial charge in [0.2, 0.25) is 0 Å². The van der Waals surface area contributed by atoms with Gasteiger partial charge < -0.3 is 10.6 Å². The number of nitrogens with two attached hydrogens (primary N) is 1. The smallest absolute Gasteiger partial charge is 0.152 e. The monoisotopic (exact) mass is 207 g/mol. The molecule has 15 heavy (non-hydrogen) atoms. The van der Waals surface area contributed by atoms with Gasteiger partial charge in [-0.25, -0.2) is 4.98 Å². The molecule has 0 aliphatic rings. The molecule has 84 valence electrons. The van der Waals surface area contributed by atoms with Gasteiger partial charge in [-0.2, -0.15) is 0 Å². The van der Waals surface area contributed by atoms with Gasteiger partial charge in [-0.15, -0.1) is 0 Å². The third kappa shape index (κ3) is 2.22. The van der Waals surface area contributed by atoms with Crippen LogP contribution in [0.4, 0.5) is 11.5 Å². The van der Waals surface area contributed by atoms with Gasteiger partial charge in [-0.3, -0.25) is 0 Å². The van der Waals surface area contributed by atoms with Crippen molar-refractivity contribution in [2.75, 3.05) is 17.7 Å². The van der Waals surface area contributed by atoms with Crippen LogP contribution in [0.5, 0.6) is 0 Å². The summed E-state index contributed by atoms with van der Waals surface area (Å²) in [5, 5.41) is 0. The maximum atomic E-state index is 6.03. The Kier molecular flexibility index (Phi) is 3.22. The van der Waals surface area contributed by atoms with Crippen molar-refractivity contribution in [3.63, 3.8) is 0 Å². The van der Waals surface area contributed by atoms with E-state index < -0.39 is 0 Å². The van der Waals surface area contributed by atoms with E-state index in [-0.39, 0.29) is 5.54 Å². The van der Waals surface area contributed by atoms with Crippen LogP contribution in [0.2, 0.25) is 0 Å². The van der Waals surface area contributed by atoms with E-state index in [1.165, 1.54) is 0 Å². The Morgan fingerprint density at radius 3 is 2.60 bits per heavy atom. The van der Waals surface area contributed by atoms with Crippen molar-refractivity contribution in [1.29, 1.82) is 0 Å². The fourth-order valence-electron chi connectivity index (χ4n) is 1.35. The van der Waals surface area contributed by atoms with Gasteiger partial charge in [0.15, 0.2) is 5.82 Å². The number of nitrogens with zero attached hydrogens (tertiary/aromatic N) is 2. The standard InChI is InChI=1S/C12H21N3/c1-6-12(3,4)15(5)11-10(13)9(2)7-8-14-11/h7-8H,6,13H2,1-5H3. The molecule has 0 amide bonds. The van der Waals surface area contributed by atoms with Crippen molar-refractivity contribution in [3.8, 4) is 0 Å². The SMILES string of the molecule is CCC(C)(C)N(C)c1nccc(C)c1N. The summed E-state index contributed by atoms with van der Waals surface area (Å²) >= 11 is 0. The van der Waals surface area contributed by atoms with Gasteiger partial charge in [-0.1, -0.05) is 6.92 Å². The Labute approximate surface area is 92.3 Å². The molecule has 1 rings (SSSR count). The van der Waals surface area contributed by atoms with E-state index in [0.29, 0.717) is 0 Å². The topological polar surface area (TPSA) is 42.2 Å². The van der Waals surface area contributed by atoms with E-state index in [9.17, 15) is 0 Å². The van der Waals surface area contributed by atoms with Crippen molar-refractivity contribution in [1.82, 2.24) is 4.98 Å². The zero-order chi connectivity index (χ0) is 11.6. The summed E-state index contributed by atoms with van der Waals surface area (Å²) in [4.78, 5) is 6.50. The highest BCUT2D eigenvalue weighted by molar-refractivity contribution is 5.66. The van der Waals surface area contributed by atoms with E-state index in [2.05, 4.69) is 30.7 Å². The molecule has 0 saturated heterocycles. The van der Waals surface area contributed by atoms with Gasteiger partial charge >= 0.3 is 0 Å². The van der Waals surface area contributed by atoms with E-state index in [4.69, 9.17) is 5.73 Å². The molecule has 0 unspecified atom stereocenters. The first-order chi connectivity index (χ1) is 6.90. The second-order valence-corrected chi connectivity index (χ2v) is 4.59. The second-order valence-electron chi connectivity index (χ2n) is 4.59. The summed E-state index contributed by atoms with van der Waals surface area (Å²) in [6, 6.07) is 1.94. The Morgan fingerprint density at radius 2 is 2.07 bits per heavy atom. The minimum atomic E-state index is 0.0783. The molecule has 3 heteroatoms. The van der Waals surface area contributed by atoms with Crippen LogP contribution in [0, 0.1) is 6.92 Å². The third-order valence-electron chi connectivity index (χ3n) is 3.28. The molecular formula is C12H21N3. The molecule has 0 aliphatic heterocycles. The number of nitrogen functional groups attached to an aromatic ring is 1. The zero-order valence-corrected chi connectivity index (χ0v) is 10.3. The summed E-state index contributed by atoms with van der Waals surface area (Å²) in [6.45, 7) is 8.56. The van der Waals surface area contributed by atoms with Crippen LogP contribution in [0.1, 0.15) is 32.8 Å². The van der Waals surface area contributed by atoms with E-state index in [0.717, 1.165) is 23.5 Å². The molecule has 0 fully saturated rings. The number of aryl methyl sites for hydroxylation is 1. The highest BCUT2D eigenvalue weighted by atomic mass is 15.2. The third-order valence-corrected chi connectivity index (χ3v) is 3.28. The van der Waals surface area contributed by atoms with Crippen molar-refractivity contribution in [3.05, 3.63) is 17.8 Å². The quantitative estimate of drug-likeness (QED) is 0.828. The molecular weight excluding hydrogens is 186 g/mol. The van der Waals surface area contributed by atoms with Crippen molar-refractivity contribution in [2.45, 2.75) is 39.7 Å². The lowest BCUT2D eigenvalue weighted by atomic mass is 9.99. The molecule has 0 bridgehead atoms. The van der Waals surface area contributed by atoms with Crippen molar-refractivity contribution >= 4 is 11.5 Å². The summed E-state index contributed by atoms with van der Waals surface area (Å²) in [6.07, 6.45) is 2.86. The van der Waals surface area contributed by atoms with Gasteiger partial charge in [0.05, 0.1) is 5.69 Å². The zero-order valence-electron chi connectivity index (χ0n) is 10.3. The Morgan fingerprint density at radius 1 is 1.47 bits per heavy atom. The predicted molar refractivity (Wildman–Crippen MR) is 66.2 cm³/mol. The largest absolute Gasteiger partial charge is 0.396 e. The molecule has 3 nitrogen and oxygen atoms in total. The number of anilines is 2. The highest BCUT2D eigenvalue weighted by Gasteiger charge is 2.24. The summed E-state index contributed by atoms with van der Waals surface area (Å²) in [7, 11) is 2.04. The fraction of sp³-hybridized carbons (Fsp3) is 0.583. The highest BCUT2D eigenvalue weighted by Crippen LogP contribution is 2.29. The second kappa shape index (κ2) is 4.09. The fourth-order valence-corrected chi connectivity index (χ4v) is 1.35. The summed E-state index contributed by atoms with van der Waals surface area (Å²) in [5.41, 5.74) is 7.97. The first-order valence-electron chi connectivity index (χ1n) is 5.35. The number of hydrogen-bond acceptors (Lipinski definition) is 3. The molecule has 0 aliphatic carbocycles. The van der Waals surface area contributed by atoms with E-state index in [1.807, 2.05) is 26.2 Å². The van der Waals surface area contributed by atoms with Crippen molar-refractivity contribution < 1.29 is 0 Å². The minimum Gasteiger partial charge on any atom is -0.396 e. The average molecular weight is 207 g/mol. The van der Waals surface area contributed by atoms with E-state index in [1.54, 1.807) is 0 Å². The molecule has 1 aromatic rings. The van der Waals surface area contributed by atoms with Gasteiger partial charge in [-0.05, 0) is 38.8 Å². The van der Waals surface area contributed by atoms with Gasteiger partial charge in [0.25, 0.3) is 0 Å². The van der Waals surface area contributed by atoms with Gasteiger partial charge in [0.1, 0.15) is 0 Å². The average Bonchev–Trinajstić information content (AvgIpc) is 2.21. The first-order valence-corrected chi connectivity index (χ1v) is 5.35. The van der Waals surface area contributed by atoms with E-state index >= 15 is 0 Å². The molecule has 0 radical (unpaired) electrons. The maximum absolute atomic E-state index is 6.03. The first kappa shape index (κ1) is 11.8. The minimum absolute atomic E-state index is 0.0783. The molecule has 0 saturated carbocycles. The molecule has 2 N–H and O–H groups in total. The van der Waals surface area contributed by atoms with Crippen LogP contribution in [0.3, 0.4) is 0 Å². The Balaban J connectivity index is 3.12. The molecule has 0 aromatic carbocycles. The molecule has 1 heterocycles. The lowest BCUT2D eigenvalue weighted by molar-refractivity contribution is 0.468. The Bertz CT molecular complexity index is 345.